The van der Waals surface area contributed by atoms with E-state index in [0.29, 0.717) is 0 Å². The number of phenolic OH excluding ortho intramolecular Hbond substituents is 1. The van der Waals surface area contributed by atoms with Crippen LogP contribution in [-0.2, 0) is 0 Å². The minimum Gasteiger partial charge on any atom is -0.508 e. The Morgan fingerprint density at radius 2 is 1.12 bits per heavy atom. The molecule has 1 N–H and O–H groups in total. The molecule has 0 saturated heterocycles. The first-order valence-corrected chi connectivity index (χ1v) is 5.54. The summed E-state index contributed by atoms with van der Waals surface area (Å²) in [5.74, 6) is -0.647. The molecule has 1 rings (SSSR count). The molecule has 0 aliphatic rings. The Balaban J connectivity index is 2.95. The van der Waals surface area contributed by atoms with E-state index in [4.69, 9.17) is 5.11 Å². The maximum absolute atomic E-state index is 12.0. The second-order valence-electron chi connectivity index (χ2n) is 2.76. The number of alkyl halides is 6. The van der Waals surface area contributed by atoms with Gasteiger partial charge in [-0.05, 0) is 41.7 Å². The van der Waals surface area contributed by atoms with Crippen LogP contribution in [0.25, 0.3) is 0 Å². The second kappa shape index (κ2) is 4.89. The molecule has 1 nitrogen and oxygen atoms in total. The summed E-state index contributed by atoms with van der Waals surface area (Å²) in [7, 11) is 0. The third kappa shape index (κ3) is 5.97. The Labute approximate surface area is 100 Å². The Kier molecular flexibility index (Phi) is 4.13. The Morgan fingerprint density at radius 3 is 1.41 bits per heavy atom. The van der Waals surface area contributed by atoms with Gasteiger partial charge in [0.15, 0.2) is 0 Å². The van der Waals surface area contributed by atoms with E-state index < -0.39 is 50.1 Å². The molecule has 9 heteroatoms. The first kappa shape index (κ1) is 14.4. The lowest BCUT2D eigenvalue weighted by molar-refractivity contribution is -0.0334. The lowest BCUT2D eigenvalue weighted by Gasteiger charge is -2.09. The third-order valence-corrected chi connectivity index (χ3v) is 2.74. The lowest BCUT2D eigenvalue weighted by Crippen LogP contribution is -2.00. The van der Waals surface area contributed by atoms with Crippen molar-refractivity contribution in [3.8, 4) is 5.75 Å². The fourth-order valence-electron chi connectivity index (χ4n) is 0.942. The number of hydrogen-bond donors (Lipinski definition) is 1. The van der Waals surface area contributed by atoms with Crippen molar-refractivity contribution < 1.29 is 31.4 Å². The zero-order valence-corrected chi connectivity index (χ0v) is 9.40. The highest BCUT2D eigenvalue weighted by Gasteiger charge is 2.32. The van der Waals surface area contributed by atoms with Gasteiger partial charge < -0.3 is 5.11 Å². The Morgan fingerprint density at radius 1 is 0.765 bits per heavy atom. The van der Waals surface area contributed by atoms with Gasteiger partial charge in [-0.25, -0.2) is 0 Å². The van der Waals surface area contributed by atoms with Crippen LogP contribution in [0.5, 0.6) is 5.75 Å². The molecule has 0 aromatic heterocycles. The average Bonchev–Trinajstić information content (AvgIpc) is 1.93. The summed E-state index contributed by atoms with van der Waals surface area (Å²) >= 11 is -1.17. The van der Waals surface area contributed by atoms with E-state index in [1.165, 1.54) is 0 Å². The minimum atomic E-state index is -4.62. The molecule has 17 heavy (non-hydrogen) atoms. The first-order valence-electron chi connectivity index (χ1n) is 3.91. The number of hydrogen-bond acceptors (Lipinski definition) is 3. The molecule has 0 radical (unpaired) electrons. The predicted molar refractivity (Wildman–Crippen MR) is 51.9 cm³/mol. The number of phenols is 1. The monoisotopic (exact) mass is 294 g/mol. The zero-order valence-electron chi connectivity index (χ0n) is 7.76. The van der Waals surface area contributed by atoms with Crippen LogP contribution in [0, 0.1) is 0 Å². The van der Waals surface area contributed by atoms with E-state index in [9.17, 15) is 26.3 Å². The molecule has 0 saturated carbocycles. The topological polar surface area (TPSA) is 20.2 Å². The summed E-state index contributed by atoms with van der Waals surface area (Å²) in [6.45, 7) is 0. The molecule has 1 aromatic rings. The largest absolute Gasteiger partial charge is 0.508 e. The van der Waals surface area contributed by atoms with Gasteiger partial charge in [-0.15, -0.1) is 0 Å². The van der Waals surface area contributed by atoms with Gasteiger partial charge in [0.2, 0.25) is 0 Å². The van der Waals surface area contributed by atoms with Crippen molar-refractivity contribution in [1.29, 1.82) is 0 Å². The molecule has 0 amide bonds. The Hall–Kier alpha value is -0.700. The molecule has 1 aromatic carbocycles. The van der Waals surface area contributed by atoms with Gasteiger partial charge in [0.25, 0.3) is 0 Å². The summed E-state index contributed by atoms with van der Waals surface area (Å²) in [6.07, 6.45) is 0. The van der Waals surface area contributed by atoms with E-state index in [1.807, 2.05) is 0 Å². The van der Waals surface area contributed by atoms with Crippen molar-refractivity contribution in [3.05, 3.63) is 18.2 Å². The lowest BCUT2D eigenvalue weighted by atomic mass is 10.3. The van der Waals surface area contributed by atoms with Crippen LogP contribution in [0.15, 0.2) is 28.0 Å². The first-order chi connectivity index (χ1) is 7.55. The van der Waals surface area contributed by atoms with Crippen LogP contribution in [0.4, 0.5) is 26.3 Å². The summed E-state index contributed by atoms with van der Waals surface area (Å²) in [6, 6.07) is 2.22. The van der Waals surface area contributed by atoms with Crippen molar-refractivity contribution in [3.63, 3.8) is 0 Å². The van der Waals surface area contributed by atoms with Gasteiger partial charge in [0.1, 0.15) is 5.75 Å². The van der Waals surface area contributed by atoms with E-state index in [2.05, 4.69) is 0 Å². The summed E-state index contributed by atoms with van der Waals surface area (Å²) in [4.78, 5) is -0.992. The number of halogens is 6. The predicted octanol–water partition coefficient (Wildman–Crippen LogP) is 4.62. The van der Waals surface area contributed by atoms with Gasteiger partial charge in [-0.1, -0.05) is 0 Å². The molecule has 0 fully saturated rings. The molecular formula is C8H4F6OS2. The summed E-state index contributed by atoms with van der Waals surface area (Å²) in [5, 5.41) is 9.03. The highest BCUT2D eigenvalue weighted by Crippen LogP contribution is 2.43. The van der Waals surface area contributed by atoms with E-state index >= 15 is 0 Å². The standard InChI is InChI=1S/C8H4F6OS2/c9-7(10,11)16-5-1-4(15)2-6(3-5)17-8(12,13)14/h1-3,15H. The smallest absolute Gasteiger partial charge is 0.446 e. The average molecular weight is 294 g/mol. The minimum absolute atomic E-state index is 0.496. The van der Waals surface area contributed by atoms with E-state index in [-0.39, 0.29) is 0 Å². The van der Waals surface area contributed by atoms with E-state index in [0.717, 1.165) is 18.2 Å². The van der Waals surface area contributed by atoms with Crippen LogP contribution in [0.3, 0.4) is 0 Å². The molecular weight excluding hydrogens is 290 g/mol. The van der Waals surface area contributed by atoms with Crippen LogP contribution in [-0.4, -0.2) is 16.1 Å². The highest BCUT2D eigenvalue weighted by molar-refractivity contribution is 8.01. The van der Waals surface area contributed by atoms with Crippen molar-refractivity contribution in [2.45, 2.75) is 20.8 Å². The SMILES string of the molecule is Oc1cc(SC(F)(F)F)cc(SC(F)(F)F)c1. The molecule has 0 atom stereocenters. The second-order valence-corrected chi connectivity index (χ2v) is 5.04. The number of benzene rings is 1. The van der Waals surface area contributed by atoms with Crippen LogP contribution in [0.1, 0.15) is 0 Å². The van der Waals surface area contributed by atoms with Crippen molar-refractivity contribution in [2.75, 3.05) is 0 Å². The molecule has 0 spiro atoms. The van der Waals surface area contributed by atoms with Crippen LogP contribution < -0.4 is 0 Å². The quantitative estimate of drug-likeness (QED) is 0.635. The molecule has 96 valence electrons. The number of aromatic hydroxyl groups is 1. The van der Waals surface area contributed by atoms with Crippen molar-refractivity contribution in [1.82, 2.24) is 0 Å². The Bertz CT molecular complexity index is 366. The molecule has 0 bridgehead atoms. The van der Waals surface area contributed by atoms with Gasteiger partial charge in [-0.2, -0.15) is 26.3 Å². The van der Waals surface area contributed by atoms with Crippen molar-refractivity contribution in [2.24, 2.45) is 0 Å². The fourth-order valence-corrected chi connectivity index (χ4v) is 2.28. The van der Waals surface area contributed by atoms with Crippen molar-refractivity contribution >= 4 is 23.5 Å². The summed E-state index contributed by atoms with van der Waals surface area (Å²) < 4.78 is 72.0. The fraction of sp³-hybridized carbons (Fsp3) is 0.250. The molecule has 0 unspecified atom stereocenters. The normalized spacial score (nSPS) is 12.8. The third-order valence-electron chi connectivity index (χ3n) is 1.33. The van der Waals surface area contributed by atoms with Crippen LogP contribution >= 0.6 is 23.5 Å². The number of rotatable bonds is 2. The molecule has 0 aliphatic heterocycles. The highest BCUT2D eigenvalue weighted by atomic mass is 32.2. The number of thioether (sulfide) groups is 2. The zero-order chi connectivity index (χ0) is 13.3. The van der Waals surface area contributed by atoms with Gasteiger partial charge in [0, 0.05) is 9.79 Å². The summed E-state index contributed by atoms with van der Waals surface area (Å²) in [5.41, 5.74) is -9.23. The molecule has 0 aliphatic carbocycles. The van der Waals surface area contributed by atoms with Gasteiger partial charge in [-0.3, -0.25) is 0 Å². The van der Waals surface area contributed by atoms with Gasteiger partial charge >= 0.3 is 11.0 Å². The van der Waals surface area contributed by atoms with Gasteiger partial charge in [0.05, 0.1) is 0 Å². The maximum atomic E-state index is 12.0. The van der Waals surface area contributed by atoms with Crippen LogP contribution in [0.2, 0.25) is 0 Å². The maximum Gasteiger partial charge on any atom is 0.446 e. The van der Waals surface area contributed by atoms with E-state index in [1.54, 1.807) is 0 Å². The molecule has 0 heterocycles.